The third-order valence-corrected chi connectivity index (χ3v) is 4.18. The summed E-state index contributed by atoms with van der Waals surface area (Å²) in [5, 5.41) is 7.74. The van der Waals surface area contributed by atoms with E-state index in [1.807, 2.05) is 30.1 Å². The molecule has 0 saturated heterocycles. The highest BCUT2D eigenvalue weighted by atomic mass is 79.9. The van der Waals surface area contributed by atoms with E-state index < -0.39 is 0 Å². The lowest BCUT2D eigenvalue weighted by atomic mass is 10.1. The van der Waals surface area contributed by atoms with Gasteiger partial charge in [-0.15, -0.1) is 0 Å². The van der Waals surface area contributed by atoms with E-state index in [2.05, 4.69) is 61.1 Å². The molecule has 0 bridgehead atoms. The Kier molecular flexibility index (Phi) is 4.76. The molecule has 0 aromatic carbocycles. The van der Waals surface area contributed by atoms with Gasteiger partial charge in [-0.05, 0) is 64.9 Å². The van der Waals surface area contributed by atoms with Crippen LogP contribution in [0.15, 0.2) is 33.5 Å². The summed E-state index contributed by atoms with van der Waals surface area (Å²) in [6, 6.07) is 4.18. The van der Waals surface area contributed by atoms with Crippen LogP contribution >= 0.6 is 31.9 Å². The molecule has 2 aromatic rings. The summed E-state index contributed by atoms with van der Waals surface area (Å²) < 4.78 is 3.97. The second-order valence-electron chi connectivity index (χ2n) is 4.51. The first-order chi connectivity index (χ1) is 9.06. The van der Waals surface area contributed by atoms with Crippen LogP contribution in [0, 0.1) is 0 Å². The van der Waals surface area contributed by atoms with Crippen molar-refractivity contribution >= 4 is 31.9 Å². The Hall–Kier alpha value is -0.720. The lowest BCUT2D eigenvalue weighted by molar-refractivity contribution is 0.479. The third-order valence-electron chi connectivity index (χ3n) is 2.90. The van der Waals surface area contributed by atoms with Crippen molar-refractivity contribution in [2.75, 3.05) is 7.05 Å². The van der Waals surface area contributed by atoms with Crippen LogP contribution in [-0.2, 0) is 0 Å². The first-order valence-electron chi connectivity index (χ1n) is 6.06. The number of hydrogen-bond donors (Lipinski definition) is 1. The van der Waals surface area contributed by atoms with Crippen LogP contribution in [0.1, 0.15) is 37.3 Å². The van der Waals surface area contributed by atoms with Crippen LogP contribution in [0.25, 0.3) is 0 Å². The molecule has 0 aliphatic heterocycles. The highest BCUT2D eigenvalue weighted by molar-refractivity contribution is 9.10. The summed E-state index contributed by atoms with van der Waals surface area (Å²) in [6.45, 7) is 4.23. The zero-order valence-electron chi connectivity index (χ0n) is 11.1. The quantitative estimate of drug-likeness (QED) is 0.869. The zero-order chi connectivity index (χ0) is 14.0. The normalized spacial score (nSPS) is 12.9. The molecule has 2 rings (SSSR count). The lowest BCUT2D eigenvalue weighted by Gasteiger charge is -2.21. The van der Waals surface area contributed by atoms with E-state index in [1.54, 1.807) is 6.20 Å². The Labute approximate surface area is 129 Å². The van der Waals surface area contributed by atoms with E-state index in [9.17, 15) is 0 Å². The molecular formula is C13H16Br2N4. The average Bonchev–Trinajstić information content (AvgIpc) is 2.75. The fourth-order valence-corrected chi connectivity index (χ4v) is 3.03. The van der Waals surface area contributed by atoms with Gasteiger partial charge in [-0.3, -0.25) is 9.67 Å². The van der Waals surface area contributed by atoms with E-state index in [1.165, 1.54) is 0 Å². The summed E-state index contributed by atoms with van der Waals surface area (Å²) in [5.74, 6) is 0. The predicted octanol–water partition coefficient (Wildman–Crippen LogP) is 3.69. The molecule has 0 radical (unpaired) electrons. The molecule has 0 fully saturated rings. The van der Waals surface area contributed by atoms with Crippen LogP contribution in [0.2, 0.25) is 0 Å². The Bertz CT molecular complexity index is 566. The molecule has 19 heavy (non-hydrogen) atoms. The highest BCUT2D eigenvalue weighted by Crippen LogP contribution is 2.32. The van der Waals surface area contributed by atoms with Crippen molar-refractivity contribution < 1.29 is 0 Å². The Morgan fingerprint density at radius 1 is 1.26 bits per heavy atom. The van der Waals surface area contributed by atoms with Gasteiger partial charge in [0.15, 0.2) is 0 Å². The first-order valence-corrected chi connectivity index (χ1v) is 7.65. The molecular weight excluding hydrogens is 372 g/mol. The van der Waals surface area contributed by atoms with Gasteiger partial charge in [-0.1, -0.05) is 0 Å². The fraction of sp³-hybridized carbons (Fsp3) is 0.385. The van der Waals surface area contributed by atoms with Gasteiger partial charge in [0.2, 0.25) is 0 Å². The molecule has 0 aliphatic rings. The minimum atomic E-state index is -0.0187. The van der Waals surface area contributed by atoms with Crippen molar-refractivity contribution in [3.8, 4) is 0 Å². The molecule has 0 saturated carbocycles. The van der Waals surface area contributed by atoms with Gasteiger partial charge in [0.25, 0.3) is 0 Å². The molecule has 2 heterocycles. The number of aromatic nitrogens is 3. The second kappa shape index (κ2) is 6.15. The molecule has 0 amide bonds. The van der Waals surface area contributed by atoms with Crippen LogP contribution in [0.3, 0.4) is 0 Å². The van der Waals surface area contributed by atoms with Gasteiger partial charge in [0.1, 0.15) is 0 Å². The maximum Gasteiger partial charge on any atom is 0.0942 e. The molecule has 0 spiro atoms. The molecule has 102 valence electrons. The fourth-order valence-electron chi connectivity index (χ4n) is 2.05. The topological polar surface area (TPSA) is 42.7 Å². The molecule has 6 heteroatoms. The smallest absolute Gasteiger partial charge is 0.0942 e. The monoisotopic (exact) mass is 386 g/mol. The lowest BCUT2D eigenvalue weighted by Crippen LogP contribution is -2.24. The van der Waals surface area contributed by atoms with Crippen molar-refractivity contribution in [3.05, 3.63) is 44.9 Å². The van der Waals surface area contributed by atoms with E-state index in [-0.39, 0.29) is 6.04 Å². The number of hydrogen-bond acceptors (Lipinski definition) is 3. The molecule has 1 atom stereocenters. The predicted molar refractivity (Wildman–Crippen MR) is 83.2 cm³/mol. The van der Waals surface area contributed by atoms with Gasteiger partial charge in [-0.25, -0.2) is 0 Å². The summed E-state index contributed by atoms with van der Waals surface area (Å²) >= 11 is 7.14. The Morgan fingerprint density at radius 3 is 2.58 bits per heavy atom. The molecule has 2 aromatic heterocycles. The van der Waals surface area contributed by atoms with E-state index in [4.69, 9.17) is 0 Å². The van der Waals surface area contributed by atoms with Crippen LogP contribution in [0.4, 0.5) is 0 Å². The largest absolute Gasteiger partial charge is 0.307 e. The summed E-state index contributed by atoms with van der Waals surface area (Å²) in [4.78, 5) is 4.48. The summed E-state index contributed by atoms with van der Waals surface area (Å²) in [7, 11) is 1.93. The standard InChI is InChI=1S/C13H16Br2N4/c1-8(2)19-13(10(15)7-18-19)12(16-3)11-9(14)5-4-6-17-11/h4-8,12,16H,1-3H3. The SMILES string of the molecule is CNC(c1ncccc1Br)c1c(Br)cnn1C(C)C. The minimum absolute atomic E-state index is 0.0187. The van der Waals surface area contributed by atoms with Gasteiger partial charge in [-0.2, -0.15) is 5.10 Å². The van der Waals surface area contributed by atoms with Crippen molar-refractivity contribution in [1.29, 1.82) is 0 Å². The van der Waals surface area contributed by atoms with Crippen LogP contribution in [-0.4, -0.2) is 21.8 Å². The average molecular weight is 388 g/mol. The third kappa shape index (κ3) is 2.90. The number of pyridine rings is 1. The summed E-state index contributed by atoms with van der Waals surface area (Å²) in [5.41, 5.74) is 2.03. The maximum absolute atomic E-state index is 4.48. The van der Waals surface area contributed by atoms with Gasteiger partial charge < -0.3 is 5.32 Å². The number of nitrogens with zero attached hydrogens (tertiary/aromatic N) is 3. The second-order valence-corrected chi connectivity index (χ2v) is 6.22. The van der Waals surface area contributed by atoms with Crippen molar-refractivity contribution in [2.24, 2.45) is 0 Å². The van der Waals surface area contributed by atoms with E-state index in [0.717, 1.165) is 20.3 Å². The van der Waals surface area contributed by atoms with Crippen molar-refractivity contribution in [2.45, 2.75) is 25.9 Å². The number of nitrogens with one attached hydrogen (secondary N) is 1. The Morgan fingerprint density at radius 2 is 2.00 bits per heavy atom. The van der Waals surface area contributed by atoms with Crippen LogP contribution < -0.4 is 5.32 Å². The molecule has 1 N–H and O–H groups in total. The molecule has 4 nitrogen and oxygen atoms in total. The van der Waals surface area contributed by atoms with E-state index in [0.29, 0.717) is 6.04 Å². The number of halogens is 2. The summed E-state index contributed by atoms with van der Waals surface area (Å²) in [6.07, 6.45) is 3.63. The zero-order valence-corrected chi connectivity index (χ0v) is 14.2. The van der Waals surface area contributed by atoms with Crippen molar-refractivity contribution in [1.82, 2.24) is 20.1 Å². The van der Waals surface area contributed by atoms with Crippen LogP contribution in [0.5, 0.6) is 0 Å². The highest BCUT2D eigenvalue weighted by Gasteiger charge is 2.24. The van der Waals surface area contributed by atoms with Gasteiger partial charge >= 0.3 is 0 Å². The van der Waals surface area contributed by atoms with Gasteiger partial charge in [0.05, 0.1) is 28.1 Å². The molecule has 0 aliphatic carbocycles. The van der Waals surface area contributed by atoms with Gasteiger partial charge in [0, 0.05) is 16.7 Å². The minimum Gasteiger partial charge on any atom is -0.307 e. The number of rotatable bonds is 4. The van der Waals surface area contributed by atoms with E-state index >= 15 is 0 Å². The Balaban J connectivity index is 2.55. The molecule has 1 unspecified atom stereocenters. The maximum atomic E-state index is 4.48. The van der Waals surface area contributed by atoms with Crippen molar-refractivity contribution in [3.63, 3.8) is 0 Å². The first kappa shape index (κ1) is 14.7.